The number of rotatable bonds is 8. The molecule has 0 aliphatic heterocycles. The third kappa shape index (κ3) is 8.49. The Hall–Kier alpha value is -1.41. The van der Waals surface area contributed by atoms with Crippen molar-refractivity contribution in [3.63, 3.8) is 0 Å². The number of hydrogen-bond donors (Lipinski definition) is 5. The minimum Gasteiger partial charge on any atom is -0.354 e. The second kappa shape index (κ2) is 9.91. The van der Waals surface area contributed by atoms with Gasteiger partial charge < -0.3 is 25.7 Å². The Labute approximate surface area is 155 Å². The summed E-state index contributed by atoms with van der Waals surface area (Å²) >= 11 is 3.30. The molecule has 10 heteroatoms. The van der Waals surface area contributed by atoms with Crippen LogP contribution in [-0.4, -0.2) is 40.5 Å². The molecule has 0 radical (unpaired) electrons. The van der Waals surface area contributed by atoms with Crippen molar-refractivity contribution in [2.45, 2.75) is 26.3 Å². The highest BCUT2D eigenvalue weighted by Gasteiger charge is 2.26. The highest BCUT2D eigenvalue weighted by Crippen LogP contribution is 2.32. The van der Waals surface area contributed by atoms with Crippen LogP contribution in [0, 0.1) is 5.92 Å². The molecule has 0 unspecified atom stereocenters. The summed E-state index contributed by atoms with van der Waals surface area (Å²) < 4.78 is 11.7. The fourth-order valence-corrected chi connectivity index (χ4v) is 2.65. The van der Waals surface area contributed by atoms with Crippen LogP contribution in [0.1, 0.15) is 20.3 Å². The molecule has 1 aromatic carbocycles. The Morgan fingerprint density at radius 3 is 2.36 bits per heavy atom. The van der Waals surface area contributed by atoms with Gasteiger partial charge in [0.05, 0.1) is 6.16 Å². The first-order valence-electron chi connectivity index (χ1n) is 7.77. The van der Waals surface area contributed by atoms with Crippen molar-refractivity contribution in [1.82, 2.24) is 10.6 Å². The van der Waals surface area contributed by atoms with Crippen LogP contribution < -0.4 is 16.0 Å². The summed E-state index contributed by atoms with van der Waals surface area (Å²) in [5.74, 6) is -0.625. The Morgan fingerprint density at radius 1 is 1.24 bits per heavy atom. The van der Waals surface area contributed by atoms with Crippen molar-refractivity contribution < 1.29 is 23.9 Å². The Balaban J connectivity index is 2.65. The van der Waals surface area contributed by atoms with E-state index in [-0.39, 0.29) is 12.5 Å². The first kappa shape index (κ1) is 21.6. The molecule has 0 saturated heterocycles. The van der Waals surface area contributed by atoms with E-state index in [1.165, 1.54) is 0 Å². The predicted octanol–water partition coefficient (Wildman–Crippen LogP) is 2.28. The van der Waals surface area contributed by atoms with E-state index in [0.717, 1.165) is 4.47 Å². The fraction of sp³-hybridized carbons (Fsp3) is 0.467. The maximum absolute atomic E-state index is 12.2. The minimum absolute atomic E-state index is 0.147. The van der Waals surface area contributed by atoms with Gasteiger partial charge in [0.1, 0.15) is 6.04 Å². The van der Waals surface area contributed by atoms with Crippen molar-refractivity contribution in [1.29, 1.82) is 0 Å². The first-order chi connectivity index (χ1) is 11.6. The summed E-state index contributed by atoms with van der Waals surface area (Å²) in [4.78, 5) is 42.0. The van der Waals surface area contributed by atoms with Gasteiger partial charge in [0.2, 0.25) is 5.91 Å². The number of carbonyl (C=O) groups is 2. The lowest BCUT2D eigenvalue weighted by molar-refractivity contribution is -0.123. The van der Waals surface area contributed by atoms with E-state index in [9.17, 15) is 14.2 Å². The largest absolute Gasteiger partial charge is 0.354 e. The molecule has 0 heterocycles. The highest BCUT2D eigenvalue weighted by molar-refractivity contribution is 9.10. The van der Waals surface area contributed by atoms with Crippen molar-refractivity contribution in [2.24, 2.45) is 5.92 Å². The number of anilines is 1. The number of amides is 3. The van der Waals surface area contributed by atoms with Gasteiger partial charge in [-0.15, -0.1) is 0 Å². The average Bonchev–Trinajstić information content (AvgIpc) is 2.52. The van der Waals surface area contributed by atoms with Crippen molar-refractivity contribution >= 4 is 41.2 Å². The van der Waals surface area contributed by atoms with Gasteiger partial charge in [-0.1, -0.05) is 36.2 Å². The van der Waals surface area contributed by atoms with Gasteiger partial charge in [-0.2, -0.15) is 0 Å². The summed E-state index contributed by atoms with van der Waals surface area (Å²) in [6.07, 6.45) is 0.201. The van der Waals surface area contributed by atoms with Crippen LogP contribution in [0.15, 0.2) is 28.7 Å². The van der Waals surface area contributed by atoms with Gasteiger partial charge in [0.25, 0.3) is 0 Å². The normalized spacial score (nSPS) is 13.6. The molecule has 140 valence electrons. The van der Waals surface area contributed by atoms with E-state index in [0.29, 0.717) is 12.1 Å². The Kier molecular flexibility index (Phi) is 8.58. The van der Waals surface area contributed by atoms with Gasteiger partial charge in [-0.3, -0.25) is 9.36 Å². The third-order valence-electron chi connectivity index (χ3n) is 3.59. The number of hydrogen-bond acceptors (Lipinski definition) is 3. The van der Waals surface area contributed by atoms with Gasteiger partial charge in [0.15, 0.2) is 0 Å². The zero-order chi connectivity index (χ0) is 19.0. The lowest BCUT2D eigenvalue weighted by Gasteiger charge is -2.23. The number of halogens is 1. The van der Waals surface area contributed by atoms with Gasteiger partial charge >= 0.3 is 13.6 Å². The molecule has 2 atom stereocenters. The topological polar surface area (TPSA) is 128 Å². The molecular formula is C15H23BrN3O5P. The molecule has 5 N–H and O–H groups in total. The molecule has 25 heavy (non-hydrogen) atoms. The van der Waals surface area contributed by atoms with Crippen LogP contribution in [0.25, 0.3) is 0 Å². The van der Waals surface area contributed by atoms with E-state index in [1.54, 1.807) is 24.3 Å². The standard InChI is InChI=1S/C15H23BrN3O5P/c1-3-10(2)13(14(20)17-8-9-25(22,23)24)19-15(21)18-12-6-4-11(16)5-7-12/h4-7,10,13H,3,8-9H2,1-2H3,(H,17,20)(H2,18,19,21)(H2,22,23,24)/t10-,13-/m0/s1. The van der Waals surface area contributed by atoms with E-state index >= 15 is 0 Å². The fourth-order valence-electron chi connectivity index (χ4n) is 1.98. The minimum atomic E-state index is -4.18. The van der Waals surface area contributed by atoms with Crippen LogP contribution in [0.5, 0.6) is 0 Å². The van der Waals surface area contributed by atoms with Crippen molar-refractivity contribution in [2.75, 3.05) is 18.0 Å². The number of carbonyl (C=O) groups excluding carboxylic acids is 2. The molecule has 1 aromatic rings. The molecule has 8 nitrogen and oxygen atoms in total. The summed E-state index contributed by atoms with van der Waals surface area (Å²) in [7, 11) is -4.18. The molecule has 3 amide bonds. The summed E-state index contributed by atoms with van der Waals surface area (Å²) in [5, 5.41) is 7.70. The van der Waals surface area contributed by atoms with E-state index in [2.05, 4.69) is 31.9 Å². The van der Waals surface area contributed by atoms with Crippen LogP contribution in [0.4, 0.5) is 10.5 Å². The van der Waals surface area contributed by atoms with E-state index in [4.69, 9.17) is 9.79 Å². The first-order valence-corrected chi connectivity index (χ1v) is 10.4. The van der Waals surface area contributed by atoms with Gasteiger partial charge in [0, 0.05) is 16.7 Å². The molecule has 0 spiro atoms. The van der Waals surface area contributed by atoms with Crippen LogP contribution in [0.2, 0.25) is 0 Å². The molecule has 1 rings (SSSR count). The second-order valence-electron chi connectivity index (χ2n) is 5.65. The quantitative estimate of drug-likeness (QED) is 0.400. The van der Waals surface area contributed by atoms with Gasteiger partial charge in [-0.05, 0) is 30.2 Å². The van der Waals surface area contributed by atoms with Gasteiger partial charge in [-0.25, -0.2) is 4.79 Å². The lowest BCUT2D eigenvalue weighted by atomic mass is 9.98. The maximum Gasteiger partial charge on any atom is 0.327 e. The summed E-state index contributed by atoms with van der Waals surface area (Å²) in [5.41, 5.74) is 0.575. The summed E-state index contributed by atoms with van der Waals surface area (Å²) in [6, 6.07) is 5.63. The van der Waals surface area contributed by atoms with Crippen LogP contribution in [0.3, 0.4) is 0 Å². The molecule has 0 saturated carbocycles. The molecular weight excluding hydrogens is 413 g/mol. The highest BCUT2D eigenvalue weighted by atomic mass is 79.9. The van der Waals surface area contributed by atoms with Crippen LogP contribution >= 0.6 is 23.5 Å². The van der Waals surface area contributed by atoms with E-state index < -0.39 is 31.7 Å². The monoisotopic (exact) mass is 435 g/mol. The average molecular weight is 436 g/mol. The third-order valence-corrected chi connectivity index (χ3v) is 4.92. The molecule has 0 bridgehead atoms. The van der Waals surface area contributed by atoms with E-state index in [1.807, 2.05) is 13.8 Å². The zero-order valence-electron chi connectivity index (χ0n) is 14.0. The Morgan fingerprint density at radius 2 is 1.84 bits per heavy atom. The molecule has 0 fully saturated rings. The second-order valence-corrected chi connectivity index (χ2v) is 8.34. The van der Waals surface area contributed by atoms with Crippen molar-refractivity contribution in [3.8, 4) is 0 Å². The summed E-state index contributed by atoms with van der Waals surface area (Å²) in [6.45, 7) is 3.54. The zero-order valence-corrected chi connectivity index (χ0v) is 16.5. The lowest BCUT2D eigenvalue weighted by Crippen LogP contribution is -2.51. The number of urea groups is 1. The molecule has 0 aliphatic rings. The molecule has 0 aromatic heterocycles. The smallest absolute Gasteiger partial charge is 0.327 e. The number of benzene rings is 1. The van der Waals surface area contributed by atoms with Crippen LogP contribution in [-0.2, 0) is 9.36 Å². The SMILES string of the molecule is CC[C@H](C)[C@H](NC(=O)Nc1ccc(Br)cc1)C(=O)NCCP(=O)(O)O. The maximum atomic E-state index is 12.2. The number of nitrogens with one attached hydrogen (secondary N) is 3. The predicted molar refractivity (Wildman–Crippen MR) is 99.5 cm³/mol. The van der Waals surface area contributed by atoms with Crippen molar-refractivity contribution in [3.05, 3.63) is 28.7 Å². The molecule has 0 aliphatic carbocycles. The Bertz CT molecular complexity index is 635.